The van der Waals surface area contributed by atoms with Gasteiger partial charge in [-0.3, -0.25) is 4.98 Å². The Hall–Kier alpha value is -1.61. The molecule has 0 saturated heterocycles. The first kappa shape index (κ1) is 12.8. The van der Waals surface area contributed by atoms with Crippen molar-refractivity contribution in [2.75, 3.05) is 11.9 Å². The molecule has 1 atom stereocenters. The normalized spacial score (nSPS) is 12.9. The molecular formula is C15H21N3. The average molecular weight is 243 g/mol. The van der Waals surface area contributed by atoms with E-state index in [9.17, 15) is 0 Å². The first-order chi connectivity index (χ1) is 8.61. The number of fused-ring (bicyclic) bond motifs is 1. The number of rotatable bonds is 4. The van der Waals surface area contributed by atoms with Gasteiger partial charge in [-0.1, -0.05) is 32.0 Å². The molecule has 3 heteroatoms. The molecule has 0 fully saturated rings. The zero-order valence-electron chi connectivity index (χ0n) is 11.3. The van der Waals surface area contributed by atoms with E-state index in [0.717, 1.165) is 22.3 Å². The molecule has 1 aromatic heterocycles. The van der Waals surface area contributed by atoms with Crippen molar-refractivity contribution < 1.29 is 0 Å². The summed E-state index contributed by atoms with van der Waals surface area (Å²) in [5, 5.41) is 4.70. The summed E-state index contributed by atoms with van der Waals surface area (Å²) in [6.07, 6.45) is 0. The lowest BCUT2D eigenvalue weighted by molar-refractivity contribution is 0.532. The van der Waals surface area contributed by atoms with E-state index in [-0.39, 0.29) is 6.04 Å². The van der Waals surface area contributed by atoms with Crippen molar-refractivity contribution in [1.29, 1.82) is 0 Å². The highest BCUT2D eigenvalue weighted by Gasteiger charge is 2.13. The smallest absolute Gasteiger partial charge is 0.0725 e. The lowest BCUT2D eigenvalue weighted by Gasteiger charge is -2.23. The number of nitrogens with zero attached hydrogens (tertiary/aromatic N) is 1. The van der Waals surface area contributed by atoms with Crippen LogP contribution >= 0.6 is 0 Å². The van der Waals surface area contributed by atoms with Crippen LogP contribution in [0.15, 0.2) is 30.3 Å². The van der Waals surface area contributed by atoms with E-state index in [1.165, 1.54) is 0 Å². The lowest BCUT2D eigenvalue weighted by Crippen LogP contribution is -2.33. The van der Waals surface area contributed by atoms with Crippen molar-refractivity contribution in [1.82, 2.24) is 4.98 Å². The van der Waals surface area contributed by atoms with Crippen molar-refractivity contribution in [2.24, 2.45) is 11.7 Å². The number of aryl methyl sites for hydroxylation is 1. The molecular weight excluding hydrogens is 222 g/mol. The van der Waals surface area contributed by atoms with Crippen LogP contribution in [0.3, 0.4) is 0 Å². The van der Waals surface area contributed by atoms with E-state index >= 15 is 0 Å². The highest BCUT2D eigenvalue weighted by molar-refractivity contribution is 5.91. The highest BCUT2D eigenvalue weighted by Crippen LogP contribution is 2.24. The van der Waals surface area contributed by atoms with Crippen LogP contribution in [0.25, 0.3) is 10.9 Å². The Morgan fingerprint density at radius 1 is 1.28 bits per heavy atom. The predicted octanol–water partition coefficient (Wildman–Crippen LogP) is 2.94. The van der Waals surface area contributed by atoms with Crippen LogP contribution in [0, 0.1) is 12.8 Å². The number of nitrogens with one attached hydrogen (secondary N) is 1. The SMILES string of the molecule is Cc1cc(NC(CN)C(C)C)c2ccccc2n1. The fourth-order valence-electron chi connectivity index (χ4n) is 2.12. The maximum Gasteiger partial charge on any atom is 0.0725 e. The van der Waals surface area contributed by atoms with Crippen LogP contribution < -0.4 is 11.1 Å². The Balaban J connectivity index is 2.43. The fraction of sp³-hybridized carbons (Fsp3) is 0.400. The third-order valence-electron chi connectivity index (χ3n) is 3.24. The Bertz CT molecular complexity index is 534. The highest BCUT2D eigenvalue weighted by atomic mass is 15.0. The van der Waals surface area contributed by atoms with Gasteiger partial charge in [-0.2, -0.15) is 0 Å². The molecule has 0 aliphatic carbocycles. The molecule has 2 aromatic rings. The van der Waals surface area contributed by atoms with Crippen LogP contribution in [-0.4, -0.2) is 17.6 Å². The molecule has 0 saturated carbocycles. The Morgan fingerprint density at radius 2 is 2.00 bits per heavy atom. The number of aromatic nitrogens is 1. The third-order valence-corrected chi connectivity index (χ3v) is 3.24. The summed E-state index contributed by atoms with van der Waals surface area (Å²) in [4.78, 5) is 4.54. The van der Waals surface area contributed by atoms with Gasteiger partial charge in [0.15, 0.2) is 0 Å². The summed E-state index contributed by atoms with van der Waals surface area (Å²) < 4.78 is 0. The summed E-state index contributed by atoms with van der Waals surface area (Å²) in [5.74, 6) is 0.502. The summed E-state index contributed by atoms with van der Waals surface area (Å²) in [5.41, 5.74) is 9.00. The van der Waals surface area contributed by atoms with Gasteiger partial charge >= 0.3 is 0 Å². The number of pyridine rings is 1. The summed E-state index contributed by atoms with van der Waals surface area (Å²) >= 11 is 0. The molecule has 3 nitrogen and oxygen atoms in total. The van der Waals surface area contributed by atoms with Crippen LogP contribution in [0.5, 0.6) is 0 Å². The maximum atomic E-state index is 5.83. The lowest BCUT2D eigenvalue weighted by atomic mass is 10.0. The molecule has 0 bridgehead atoms. The molecule has 1 unspecified atom stereocenters. The molecule has 18 heavy (non-hydrogen) atoms. The Kier molecular flexibility index (Phi) is 3.82. The second kappa shape index (κ2) is 5.36. The van der Waals surface area contributed by atoms with Crippen molar-refractivity contribution in [3.63, 3.8) is 0 Å². The van der Waals surface area contributed by atoms with Gasteiger partial charge < -0.3 is 11.1 Å². The van der Waals surface area contributed by atoms with E-state index in [1.807, 2.05) is 25.1 Å². The number of hydrogen-bond acceptors (Lipinski definition) is 3. The van der Waals surface area contributed by atoms with E-state index < -0.39 is 0 Å². The summed E-state index contributed by atoms with van der Waals surface area (Å²) in [6, 6.07) is 10.6. The second-order valence-corrected chi connectivity index (χ2v) is 5.06. The molecule has 2 rings (SSSR count). The fourth-order valence-corrected chi connectivity index (χ4v) is 2.12. The van der Waals surface area contributed by atoms with Crippen LogP contribution in [0.1, 0.15) is 19.5 Å². The summed E-state index contributed by atoms with van der Waals surface area (Å²) in [7, 11) is 0. The van der Waals surface area contributed by atoms with Crippen molar-refractivity contribution in [2.45, 2.75) is 26.8 Å². The maximum absolute atomic E-state index is 5.83. The molecule has 96 valence electrons. The van der Waals surface area contributed by atoms with Gasteiger partial charge in [-0.15, -0.1) is 0 Å². The Labute approximate surface area is 108 Å². The molecule has 0 radical (unpaired) electrons. The van der Waals surface area contributed by atoms with E-state index in [2.05, 4.69) is 36.3 Å². The quantitative estimate of drug-likeness (QED) is 0.868. The Morgan fingerprint density at radius 3 is 2.67 bits per heavy atom. The predicted molar refractivity (Wildman–Crippen MR) is 77.8 cm³/mol. The van der Waals surface area contributed by atoms with Gasteiger partial charge in [0.2, 0.25) is 0 Å². The van der Waals surface area contributed by atoms with Gasteiger partial charge in [0.05, 0.1) is 5.52 Å². The minimum atomic E-state index is 0.287. The second-order valence-electron chi connectivity index (χ2n) is 5.06. The van der Waals surface area contributed by atoms with Gasteiger partial charge in [-0.25, -0.2) is 0 Å². The van der Waals surface area contributed by atoms with Crippen molar-refractivity contribution >= 4 is 16.6 Å². The standard InChI is InChI=1S/C15H21N3/c1-10(2)15(9-16)18-14-8-11(3)17-13-7-5-4-6-12(13)14/h4-8,10,15H,9,16H2,1-3H3,(H,17,18). The average Bonchev–Trinajstić information content (AvgIpc) is 2.35. The van der Waals surface area contributed by atoms with E-state index in [4.69, 9.17) is 5.73 Å². The number of benzene rings is 1. The van der Waals surface area contributed by atoms with Gasteiger partial charge in [-0.05, 0) is 25.0 Å². The zero-order valence-corrected chi connectivity index (χ0v) is 11.3. The largest absolute Gasteiger partial charge is 0.380 e. The summed E-state index contributed by atoms with van der Waals surface area (Å²) in [6.45, 7) is 7.01. The van der Waals surface area contributed by atoms with Crippen LogP contribution in [-0.2, 0) is 0 Å². The number of nitrogens with two attached hydrogens (primary N) is 1. The van der Waals surface area contributed by atoms with Crippen molar-refractivity contribution in [3.05, 3.63) is 36.0 Å². The number of anilines is 1. The molecule has 1 heterocycles. The number of para-hydroxylation sites is 1. The first-order valence-corrected chi connectivity index (χ1v) is 6.45. The molecule has 0 spiro atoms. The molecule has 0 amide bonds. The molecule has 3 N–H and O–H groups in total. The van der Waals surface area contributed by atoms with E-state index in [0.29, 0.717) is 12.5 Å². The van der Waals surface area contributed by atoms with Gasteiger partial charge in [0.25, 0.3) is 0 Å². The number of hydrogen-bond donors (Lipinski definition) is 2. The topological polar surface area (TPSA) is 50.9 Å². The monoisotopic (exact) mass is 243 g/mol. The van der Waals surface area contributed by atoms with Crippen molar-refractivity contribution in [3.8, 4) is 0 Å². The minimum Gasteiger partial charge on any atom is -0.380 e. The zero-order chi connectivity index (χ0) is 13.1. The van der Waals surface area contributed by atoms with Crippen LogP contribution in [0.4, 0.5) is 5.69 Å². The van der Waals surface area contributed by atoms with Crippen LogP contribution in [0.2, 0.25) is 0 Å². The molecule has 0 aliphatic rings. The molecule has 0 aliphatic heterocycles. The third kappa shape index (κ3) is 2.62. The van der Waals surface area contributed by atoms with E-state index in [1.54, 1.807) is 0 Å². The minimum absolute atomic E-state index is 0.287. The molecule has 1 aromatic carbocycles. The first-order valence-electron chi connectivity index (χ1n) is 6.45. The van der Waals surface area contributed by atoms with Gasteiger partial charge in [0.1, 0.15) is 0 Å². The van der Waals surface area contributed by atoms with Gasteiger partial charge in [0, 0.05) is 29.4 Å².